The summed E-state index contributed by atoms with van der Waals surface area (Å²) in [6, 6.07) is 8.10. The summed E-state index contributed by atoms with van der Waals surface area (Å²) < 4.78 is 1.08. The van der Waals surface area contributed by atoms with Gasteiger partial charge in [-0.1, -0.05) is 28.1 Å². The average Bonchev–Trinajstić information content (AvgIpc) is 2.90. The molecule has 0 atom stereocenters. The predicted octanol–water partition coefficient (Wildman–Crippen LogP) is 3.33. The molecule has 5 heteroatoms. The maximum Gasteiger partial charge on any atom is 0.134 e. The van der Waals surface area contributed by atoms with Crippen molar-refractivity contribution < 1.29 is 0 Å². The van der Waals surface area contributed by atoms with Crippen LogP contribution in [0.15, 0.2) is 47.3 Å². The van der Waals surface area contributed by atoms with Gasteiger partial charge in [-0.05, 0) is 12.1 Å². The van der Waals surface area contributed by atoms with Gasteiger partial charge in [0.25, 0.3) is 0 Å². The number of nitrogens with one attached hydrogen (secondary N) is 2. The van der Waals surface area contributed by atoms with Gasteiger partial charge >= 0.3 is 0 Å². The Morgan fingerprint density at radius 3 is 3.00 bits per heavy atom. The smallest absolute Gasteiger partial charge is 0.134 e. The third-order valence-electron chi connectivity index (χ3n) is 2.77. The van der Waals surface area contributed by atoms with Crippen LogP contribution in [0.4, 0.5) is 5.82 Å². The second kappa shape index (κ2) is 4.78. The molecule has 0 radical (unpaired) electrons. The van der Waals surface area contributed by atoms with Crippen molar-refractivity contribution >= 4 is 32.5 Å². The monoisotopic (exact) mass is 302 g/mol. The number of pyridine rings is 1. The van der Waals surface area contributed by atoms with E-state index >= 15 is 0 Å². The standard InChI is InChI=1S/C13H11BrN4/c14-12-3-1-2-11-10(12)4-5-15-13(11)16-6-9-7-17-18-8-9/h1-5,7-8H,6H2,(H,15,16)(H,17,18). The van der Waals surface area contributed by atoms with Gasteiger partial charge in [-0.2, -0.15) is 5.10 Å². The molecule has 3 rings (SSSR count). The van der Waals surface area contributed by atoms with Crippen LogP contribution in [-0.2, 0) is 6.54 Å². The van der Waals surface area contributed by atoms with Gasteiger partial charge < -0.3 is 5.32 Å². The average molecular weight is 303 g/mol. The summed E-state index contributed by atoms with van der Waals surface area (Å²) in [7, 11) is 0. The molecular weight excluding hydrogens is 292 g/mol. The van der Waals surface area contributed by atoms with Crippen LogP contribution >= 0.6 is 15.9 Å². The van der Waals surface area contributed by atoms with Gasteiger partial charge in [0.1, 0.15) is 5.82 Å². The van der Waals surface area contributed by atoms with Crippen LogP contribution in [0, 0.1) is 0 Å². The Morgan fingerprint density at radius 2 is 2.17 bits per heavy atom. The van der Waals surface area contributed by atoms with Gasteiger partial charge in [0.2, 0.25) is 0 Å². The molecule has 90 valence electrons. The number of anilines is 1. The summed E-state index contributed by atoms with van der Waals surface area (Å²) >= 11 is 3.55. The van der Waals surface area contributed by atoms with Crippen LogP contribution in [0.1, 0.15) is 5.56 Å². The van der Waals surface area contributed by atoms with E-state index in [1.165, 1.54) is 0 Å². The quantitative estimate of drug-likeness (QED) is 0.780. The number of hydrogen-bond donors (Lipinski definition) is 2. The zero-order chi connectivity index (χ0) is 12.4. The fraction of sp³-hybridized carbons (Fsp3) is 0.0769. The molecule has 0 aliphatic heterocycles. The third kappa shape index (κ3) is 2.09. The van der Waals surface area contributed by atoms with E-state index in [1.807, 2.05) is 30.6 Å². The molecule has 0 aliphatic rings. The van der Waals surface area contributed by atoms with Crippen molar-refractivity contribution in [3.8, 4) is 0 Å². The van der Waals surface area contributed by atoms with Crippen molar-refractivity contribution in [1.29, 1.82) is 0 Å². The Labute approximate surface area is 113 Å². The Bertz CT molecular complexity index is 664. The lowest BCUT2D eigenvalue weighted by Gasteiger charge is -2.08. The maximum atomic E-state index is 4.38. The zero-order valence-corrected chi connectivity index (χ0v) is 11.1. The van der Waals surface area contributed by atoms with Crippen molar-refractivity contribution in [2.24, 2.45) is 0 Å². The summed E-state index contributed by atoms with van der Waals surface area (Å²) in [5.41, 5.74) is 1.10. The number of fused-ring (bicyclic) bond motifs is 1. The summed E-state index contributed by atoms with van der Waals surface area (Å²) in [6.07, 6.45) is 5.48. The third-order valence-corrected chi connectivity index (χ3v) is 3.46. The molecule has 0 saturated heterocycles. The van der Waals surface area contributed by atoms with Crippen molar-refractivity contribution in [1.82, 2.24) is 15.2 Å². The summed E-state index contributed by atoms with van der Waals surface area (Å²) in [6.45, 7) is 0.703. The Morgan fingerprint density at radius 1 is 1.22 bits per heavy atom. The zero-order valence-electron chi connectivity index (χ0n) is 9.52. The highest BCUT2D eigenvalue weighted by Crippen LogP contribution is 2.27. The number of hydrogen-bond acceptors (Lipinski definition) is 3. The fourth-order valence-electron chi connectivity index (χ4n) is 1.87. The largest absolute Gasteiger partial charge is 0.365 e. The number of aromatic amines is 1. The lowest BCUT2D eigenvalue weighted by atomic mass is 10.1. The van der Waals surface area contributed by atoms with Crippen LogP contribution in [0.25, 0.3) is 10.8 Å². The van der Waals surface area contributed by atoms with E-state index in [9.17, 15) is 0 Å². The lowest BCUT2D eigenvalue weighted by Crippen LogP contribution is -2.01. The highest BCUT2D eigenvalue weighted by Gasteiger charge is 2.04. The van der Waals surface area contributed by atoms with E-state index < -0.39 is 0 Å². The van der Waals surface area contributed by atoms with E-state index in [4.69, 9.17) is 0 Å². The first kappa shape index (κ1) is 11.2. The molecule has 0 bridgehead atoms. The maximum absolute atomic E-state index is 4.38. The molecule has 3 aromatic rings. The van der Waals surface area contributed by atoms with Gasteiger partial charge in [0.05, 0.1) is 6.20 Å². The molecule has 1 aromatic carbocycles. The predicted molar refractivity (Wildman–Crippen MR) is 75.4 cm³/mol. The fourth-order valence-corrected chi connectivity index (χ4v) is 2.37. The lowest BCUT2D eigenvalue weighted by molar-refractivity contribution is 1.09. The van der Waals surface area contributed by atoms with Crippen molar-refractivity contribution in [3.05, 3.63) is 52.9 Å². The summed E-state index contributed by atoms with van der Waals surface area (Å²) in [5, 5.41) is 12.3. The SMILES string of the molecule is Brc1cccc2c(NCc3cn[nH]c3)nccc12. The minimum Gasteiger partial charge on any atom is -0.365 e. The topological polar surface area (TPSA) is 53.6 Å². The minimum absolute atomic E-state index is 0.703. The molecule has 4 nitrogen and oxygen atoms in total. The van der Waals surface area contributed by atoms with Crippen molar-refractivity contribution in [2.45, 2.75) is 6.54 Å². The molecule has 18 heavy (non-hydrogen) atoms. The van der Waals surface area contributed by atoms with Gasteiger partial charge in [0, 0.05) is 39.7 Å². The van der Waals surface area contributed by atoms with Crippen LogP contribution < -0.4 is 5.32 Å². The van der Waals surface area contributed by atoms with Crippen LogP contribution in [0.5, 0.6) is 0 Å². The number of halogens is 1. The molecule has 0 saturated carbocycles. The first-order valence-electron chi connectivity index (χ1n) is 5.59. The van der Waals surface area contributed by atoms with Crippen LogP contribution in [0.2, 0.25) is 0 Å². The highest BCUT2D eigenvalue weighted by atomic mass is 79.9. The van der Waals surface area contributed by atoms with Gasteiger partial charge in [0.15, 0.2) is 0 Å². The second-order valence-corrected chi connectivity index (χ2v) is 4.81. The molecular formula is C13H11BrN4. The molecule has 0 spiro atoms. The first-order chi connectivity index (χ1) is 8.84. The Hall–Kier alpha value is -1.88. The number of benzene rings is 1. The number of nitrogens with zero attached hydrogens (tertiary/aromatic N) is 2. The van der Waals surface area contributed by atoms with Gasteiger partial charge in [-0.3, -0.25) is 5.10 Å². The van der Waals surface area contributed by atoms with E-state index in [2.05, 4.69) is 42.5 Å². The number of H-pyrrole nitrogens is 1. The van der Waals surface area contributed by atoms with E-state index in [1.54, 1.807) is 6.20 Å². The van der Waals surface area contributed by atoms with Crippen molar-refractivity contribution in [3.63, 3.8) is 0 Å². The highest BCUT2D eigenvalue weighted by molar-refractivity contribution is 9.10. The van der Waals surface area contributed by atoms with Crippen LogP contribution in [0.3, 0.4) is 0 Å². The summed E-state index contributed by atoms with van der Waals surface area (Å²) in [4.78, 5) is 4.38. The van der Waals surface area contributed by atoms with E-state index in [0.29, 0.717) is 6.54 Å². The van der Waals surface area contributed by atoms with Crippen LogP contribution in [-0.4, -0.2) is 15.2 Å². The molecule has 2 heterocycles. The second-order valence-electron chi connectivity index (χ2n) is 3.95. The minimum atomic E-state index is 0.703. The molecule has 0 amide bonds. The van der Waals surface area contributed by atoms with E-state index in [0.717, 1.165) is 26.6 Å². The van der Waals surface area contributed by atoms with Gasteiger partial charge in [-0.25, -0.2) is 4.98 Å². The van der Waals surface area contributed by atoms with Crippen molar-refractivity contribution in [2.75, 3.05) is 5.32 Å². The van der Waals surface area contributed by atoms with E-state index in [-0.39, 0.29) is 0 Å². The molecule has 0 fully saturated rings. The molecule has 0 unspecified atom stereocenters. The summed E-state index contributed by atoms with van der Waals surface area (Å²) in [5.74, 6) is 0.884. The number of aromatic nitrogens is 3. The van der Waals surface area contributed by atoms with Gasteiger partial charge in [-0.15, -0.1) is 0 Å². The Kier molecular flexibility index (Phi) is 2.98. The molecule has 2 N–H and O–H groups in total. The number of rotatable bonds is 3. The molecule has 0 aliphatic carbocycles. The normalized spacial score (nSPS) is 10.7. The first-order valence-corrected chi connectivity index (χ1v) is 6.38. The Balaban J connectivity index is 1.94. The molecule has 2 aromatic heterocycles.